The van der Waals surface area contributed by atoms with Gasteiger partial charge in [0.05, 0.1) is 16.8 Å². The van der Waals surface area contributed by atoms with Gasteiger partial charge in [-0.1, -0.05) is 17.8 Å². The van der Waals surface area contributed by atoms with E-state index >= 15 is 0 Å². The first-order valence-corrected chi connectivity index (χ1v) is 9.68. The van der Waals surface area contributed by atoms with E-state index in [4.69, 9.17) is 0 Å². The molecule has 1 heterocycles. The Morgan fingerprint density at radius 1 is 1.04 bits per heavy atom. The number of pyridine rings is 1. The smallest absolute Gasteiger partial charge is 0.234 e. The molecule has 3 aromatic rings. The number of hydrogen-bond acceptors (Lipinski definition) is 4. The minimum atomic E-state index is -0.117. The van der Waals surface area contributed by atoms with Gasteiger partial charge in [-0.3, -0.25) is 4.79 Å². The zero-order chi connectivity index (χ0) is 19.6. The SMILES string of the molecule is Cc1ccc(NC(=O)CSc2nc3cc(C)c(C)cc3cc2C#N)cc1C. The van der Waals surface area contributed by atoms with Crippen LogP contribution in [0.15, 0.2) is 41.4 Å². The lowest BCUT2D eigenvalue weighted by Gasteiger charge is -2.09. The lowest BCUT2D eigenvalue weighted by Crippen LogP contribution is -2.14. The highest BCUT2D eigenvalue weighted by atomic mass is 32.2. The van der Waals surface area contributed by atoms with E-state index in [1.165, 1.54) is 22.9 Å². The summed E-state index contributed by atoms with van der Waals surface area (Å²) in [7, 11) is 0. The maximum Gasteiger partial charge on any atom is 0.234 e. The number of nitrogens with one attached hydrogen (secondary N) is 1. The molecule has 136 valence electrons. The van der Waals surface area contributed by atoms with Crippen LogP contribution in [0.2, 0.25) is 0 Å². The third-order valence-electron chi connectivity index (χ3n) is 4.65. The molecule has 3 rings (SSSR count). The molecular formula is C22H21N3OS. The number of aromatic nitrogens is 1. The van der Waals surface area contributed by atoms with Crippen molar-refractivity contribution >= 4 is 34.3 Å². The standard InChI is InChI=1S/C22H21N3OS/c1-13-5-6-19(8-15(13)3)24-21(26)12-27-22-18(11-23)10-17-7-14(2)16(4)9-20(17)25-22/h5-10H,12H2,1-4H3,(H,24,26). The first-order chi connectivity index (χ1) is 12.9. The van der Waals surface area contributed by atoms with Crippen molar-refractivity contribution < 1.29 is 4.79 Å². The Morgan fingerprint density at radius 3 is 2.44 bits per heavy atom. The van der Waals surface area contributed by atoms with Gasteiger partial charge in [-0.05, 0) is 80.3 Å². The topological polar surface area (TPSA) is 65.8 Å². The van der Waals surface area contributed by atoms with Gasteiger partial charge in [0.2, 0.25) is 5.91 Å². The maximum atomic E-state index is 12.3. The molecule has 4 nitrogen and oxygen atoms in total. The van der Waals surface area contributed by atoms with Crippen molar-refractivity contribution in [2.24, 2.45) is 0 Å². The van der Waals surface area contributed by atoms with Crippen molar-refractivity contribution in [2.45, 2.75) is 32.7 Å². The molecule has 1 aromatic heterocycles. The molecule has 1 N–H and O–H groups in total. The Hall–Kier alpha value is -2.84. The molecule has 1 amide bonds. The fourth-order valence-corrected chi connectivity index (χ4v) is 3.53. The Balaban J connectivity index is 1.77. The van der Waals surface area contributed by atoms with Crippen molar-refractivity contribution in [1.29, 1.82) is 5.26 Å². The van der Waals surface area contributed by atoms with Crippen molar-refractivity contribution in [3.63, 3.8) is 0 Å². The van der Waals surface area contributed by atoms with Crippen molar-refractivity contribution in [3.8, 4) is 6.07 Å². The summed E-state index contributed by atoms with van der Waals surface area (Å²) in [6.45, 7) is 8.13. The normalized spacial score (nSPS) is 10.6. The second-order valence-electron chi connectivity index (χ2n) is 6.72. The monoisotopic (exact) mass is 375 g/mol. The number of aryl methyl sites for hydroxylation is 4. The van der Waals surface area contributed by atoms with Crippen molar-refractivity contribution in [3.05, 3.63) is 64.2 Å². The average Bonchev–Trinajstić information content (AvgIpc) is 2.63. The van der Waals surface area contributed by atoms with Crippen LogP contribution in [-0.4, -0.2) is 16.6 Å². The second-order valence-corrected chi connectivity index (χ2v) is 7.68. The van der Waals surface area contributed by atoms with E-state index in [-0.39, 0.29) is 11.7 Å². The van der Waals surface area contributed by atoms with E-state index < -0.39 is 0 Å². The molecule has 2 aromatic carbocycles. The van der Waals surface area contributed by atoms with Crippen LogP contribution >= 0.6 is 11.8 Å². The Labute approximate surface area is 163 Å². The zero-order valence-electron chi connectivity index (χ0n) is 15.9. The first-order valence-electron chi connectivity index (χ1n) is 8.69. The van der Waals surface area contributed by atoms with Gasteiger partial charge in [-0.15, -0.1) is 0 Å². The van der Waals surface area contributed by atoms with Gasteiger partial charge in [0.25, 0.3) is 0 Å². The van der Waals surface area contributed by atoms with Crippen LogP contribution in [0.3, 0.4) is 0 Å². The van der Waals surface area contributed by atoms with Gasteiger partial charge in [0.1, 0.15) is 11.1 Å². The maximum absolute atomic E-state index is 12.3. The van der Waals surface area contributed by atoms with Gasteiger partial charge in [-0.2, -0.15) is 5.26 Å². The van der Waals surface area contributed by atoms with E-state index in [1.807, 2.05) is 64.1 Å². The molecule has 0 unspecified atom stereocenters. The van der Waals surface area contributed by atoms with Crippen molar-refractivity contribution in [1.82, 2.24) is 4.98 Å². The minimum Gasteiger partial charge on any atom is -0.325 e. The lowest BCUT2D eigenvalue weighted by atomic mass is 10.1. The number of nitrogens with zero attached hydrogens (tertiary/aromatic N) is 2. The van der Waals surface area contributed by atoms with E-state index in [1.54, 1.807) is 0 Å². The molecule has 0 aliphatic carbocycles. The highest BCUT2D eigenvalue weighted by Crippen LogP contribution is 2.26. The van der Waals surface area contributed by atoms with Gasteiger partial charge in [0, 0.05) is 11.1 Å². The van der Waals surface area contributed by atoms with E-state index in [9.17, 15) is 10.1 Å². The molecule has 0 saturated carbocycles. The fourth-order valence-electron chi connectivity index (χ4n) is 2.76. The van der Waals surface area contributed by atoms with Crippen LogP contribution in [-0.2, 0) is 4.79 Å². The molecule has 0 atom stereocenters. The number of amides is 1. The fraction of sp³-hybridized carbons (Fsp3) is 0.227. The van der Waals surface area contributed by atoms with Crippen LogP contribution in [0.5, 0.6) is 0 Å². The molecule has 0 bridgehead atoms. The van der Waals surface area contributed by atoms with Gasteiger partial charge in [-0.25, -0.2) is 4.98 Å². The summed E-state index contributed by atoms with van der Waals surface area (Å²) in [6.07, 6.45) is 0. The summed E-state index contributed by atoms with van der Waals surface area (Å²) >= 11 is 1.29. The van der Waals surface area contributed by atoms with Gasteiger partial charge in [0.15, 0.2) is 0 Å². The van der Waals surface area contributed by atoms with Crippen molar-refractivity contribution in [2.75, 3.05) is 11.1 Å². The van der Waals surface area contributed by atoms with Gasteiger partial charge >= 0.3 is 0 Å². The molecule has 0 radical (unpaired) electrons. The predicted molar refractivity (Wildman–Crippen MR) is 111 cm³/mol. The molecule has 0 aliphatic rings. The number of benzene rings is 2. The van der Waals surface area contributed by atoms with E-state index in [0.29, 0.717) is 10.6 Å². The summed E-state index contributed by atoms with van der Waals surface area (Å²) < 4.78 is 0. The zero-order valence-corrected chi connectivity index (χ0v) is 16.7. The summed E-state index contributed by atoms with van der Waals surface area (Å²) in [6, 6.07) is 13.9. The summed E-state index contributed by atoms with van der Waals surface area (Å²) in [4.78, 5) is 16.9. The molecule has 0 saturated heterocycles. The number of thioether (sulfide) groups is 1. The Morgan fingerprint density at radius 2 is 1.74 bits per heavy atom. The van der Waals surface area contributed by atoms with Crippen LogP contribution in [0, 0.1) is 39.0 Å². The first kappa shape index (κ1) is 18.9. The highest BCUT2D eigenvalue weighted by molar-refractivity contribution is 8.00. The largest absolute Gasteiger partial charge is 0.325 e. The second kappa shape index (κ2) is 7.81. The predicted octanol–water partition coefficient (Wildman–Crippen LogP) is 5.07. The molecule has 27 heavy (non-hydrogen) atoms. The quantitative estimate of drug-likeness (QED) is 0.647. The molecule has 0 aliphatic heterocycles. The number of hydrogen-bond donors (Lipinski definition) is 1. The summed E-state index contributed by atoms with van der Waals surface area (Å²) in [5, 5.41) is 13.9. The highest BCUT2D eigenvalue weighted by Gasteiger charge is 2.11. The number of nitriles is 1. The lowest BCUT2D eigenvalue weighted by molar-refractivity contribution is -0.113. The Bertz CT molecular complexity index is 1080. The van der Waals surface area contributed by atoms with Crippen LogP contribution in [0.1, 0.15) is 27.8 Å². The summed E-state index contributed by atoms with van der Waals surface area (Å²) in [5.41, 5.74) is 6.76. The van der Waals surface area contributed by atoms with Gasteiger partial charge < -0.3 is 5.32 Å². The molecule has 0 fully saturated rings. The molecule has 5 heteroatoms. The molecular weight excluding hydrogens is 354 g/mol. The van der Waals surface area contributed by atoms with Crippen LogP contribution < -0.4 is 5.32 Å². The summed E-state index contributed by atoms with van der Waals surface area (Å²) in [5.74, 6) is 0.0828. The third-order valence-corrected chi connectivity index (χ3v) is 5.64. The number of rotatable bonds is 4. The van der Waals surface area contributed by atoms with E-state index in [2.05, 4.69) is 16.4 Å². The van der Waals surface area contributed by atoms with Crippen LogP contribution in [0.4, 0.5) is 5.69 Å². The molecule has 0 spiro atoms. The number of fused-ring (bicyclic) bond motifs is 1. The average molecular weight is 375 g/mol. The number of carbonyl (C=O) groups is 1. The third kappa shape index (κ3) is 4.29. The van der Waals surface area contributed by atoms with Crippen LogP contribution in [0.25, 0.3) is 10.9 Å². The van der Waals surface area contributed by atoms with E-state index in [0.717, 1.165) is 27.7 Å². The Kier molecular flexibility index (Phi) is 5.48. The minimum absolute atomic E-state index is 0.117. The number of anilines is 1. The number of carbonyl (C=O) groups excluding carboxylic acids is 1.